The van der Waals surface area contributed by atoms with Crippen LogP contribution in [0.15, 0.2) is 6.33 Å². The Morgan fingerprint density at radius 3 is 3.07 bits per heavy atom. The van der Waals surface area contributed by atoms with Crippen molar-refractivity contribution < 1.29 is 5.11 Å². The van der Waals surface area contributed by atoms with E-state index in [1.807, 2.05) is 6.92 Å². The van der Waals surface area contributed by atoms with E-state index in [9.17, 15) is 5.11 Å². The Kier molecular flexibility index (Phi) is 2.77. The van der Waals surface area contributed by atoms with Crippen molar-refractivity contribution in [2.75, 3.05) is 0 Å². The molecule has 0 amide bonds. The average molecular weight is 192 g/mol. The summed E-state index contributed by atoms with van der Waals surface area (Å²) in [5, 5.41) is 9.58. The van der Waals surface area contributed by atoms with Crippen LogP contribution in [0.1, 0.15) is 36.7 Å². The minimum atomic E-state index is -0.255. The third kappa shape index (κ3) is 1.77. The van der Waals surface area contributed by atoms with Gasteiger partial charge in [-0.1, -0.05) is 6.92 Å². The van der Waals surface area contributed by atoms with Crippen molar-refractivity contribution >= 4 is 0 Å². The first-order valence-corrected chi connectivity index (χ1v) is 5.31. The van der Waals surface area contributed by atoms with Crippen LogP contribution in [-0.2, 0) is 19.3 Å². The second kappa shape index (κ2) is 4.05. The second-order valence-corrected chi connectivity index (χ2v) is 3.87. The topological polar surface area (TPSA) is 46.0 Å². The van der Waals surface area contributed by atoms with Gasteiger partial charge in [-0.15, -0.1) is 0 Å². The number of fused-ring (bicyclic) bond motifs is 1. The van der Waals surface area contributed by atoms with Gasteiger partial charge in [-0.05, 0) is 31.2 Å². The van der Waals surface area contributed by atoms with Crippen LogP contribution in [0.3, 0.4) is 0 Å². The fourth-order valence-corrected chi connectivity index (χ4v) is 1.97. The first-order valence-electron chi connectivity index (χ1n) is 5.31. The van der Waals surface area contributed by atoms with E-state index in [4.69, 9.17) is 0 Å². The molecule has 1 aromatic rings. The summed E-state index contributed by atoms with van der Waals surface area (Å²) in [5.41, 5.74) is 3.54. The van der Waals surface area contributed by atoms with Gasteiger partial charge in [-0.2, -0.15) is 0 Å². The molecule has 0 aliphatic heterocycles. The highest BCUT2D eigenvalue weighted by Gasteiger charge is 2.18. The molecule has 0 spiro atoms. The van der Waals surface area contributed by atoms with Crippen molar-refractivity contribution in [2.24, 2.45) is 0 Å². The minimum Gasteiger partial charge on any atom is -0.393 e. The van der Waals surface area contributed by atoms with Crippen LogP contribution >= 0.6 is 0 Å². The third-order valence-electron chi connectivity index (χ3n) is 2.86. The van der Waals surface area contributed by atoms with E-state index in [1.165, 1.54) is 17.7 Å². The summed E-state index contributed by atoms with van der Waals surface area (Å²) < 4.78 is 0. The van der Waals surface area contributed by atoms with Crippen LogP contribution in [0.4, 0.5) is 0 Å². The van der Waals surface area contributed by atoms with E-state index in [2.05, 4.69) is 9.97 Å². The van der Waals surface area contributed by atoms with Crippen LogP contribution in [0, 0.1) is 0 Å². The number of aryl methyl sites for hydroxylation is 1. The number of hydrogen-bond donors (Lipinski definition) is 1. The van der Waals surface area contributed by atoms with E-state index in [0.717, 1.165) is 25.0 Å². The number of nitrogens with zero attached hydrogens (tertiary/aromatic N) is 2. The van der Waals surface area contributed by atoms with Gasteiger partial charge in [0.2, 0.25) is 0 Å². The molecule has 1 heterocycles. The van der Waals surface area contributed by atoms with E-state index in [-0.39, 0.29) is 6.10 Å². The van der Waals surface area contributed by atoms with Crippen molar-refractivity contribution in [3.8, 4) is 0 Å². The molecule has 1 aliphatic rings. The molecule has 1 N–H and O–H groups in total. The van der Waals surface area contributed by atoms with Gasteiger partial charge >= 0.3 is 0 Å². The highest BCUT2D eigenvalue weighted by molar-refractivity contribution is 5.29. The standard InChI is InChI=1S/C11H16N2O/c1-2-8(14)6-11-9-4-3-5-10(9)12-7-13-11/h7-8,14H,2-6H2,1H3. The predicted molar refractivity (Wildman–Crippen MR) is 54.1 cm³/mol. The van der Waals surface area contributed by atoms with Gasteiger partial charge < -0.3 is 5.11 Å². The van der Waals surface area contributed by atoms with Gasteiger partial charge in [-0.25, -0.2) is 9.97 Å². The molecular formula is C11H16N2O. The summed E-state index contributed by atoms with van der Waals surface area (Å²) in [6, 6.07) is 0. The number of hydrogen-bond acceptors (Lipinski definition) is 3. The van der Waals surface area contributed by atoms with Gasteiger partial charge in [0.25, 0.3) is 0 Å². The Morgan fingerprint density at radius 1 is 1.43 bits per heavy atom. The summed E-state index contributed by atoms with van der Waals surface area (Å²) in [6.45, 7) is 1.99. The average Bonchev–Trinajstić information content (AvgIpc) is 2.66. The zero-order valence-corrected chi connectivity index (χ0v) is 8.53. The molecule has 1 aromatic heterocycles. The molecule has 1 unspecified atom stereocenters. The number of aromatic nitrogens is 2. The number of aliphatic hydroxyl groups excluding tert-OH is 1. The smallest absolute Gasteiger partial charge is 0.115 e. The highest BCUT2D eigenvalue weighted by atomic mass is 16.3. The van der Waals surface area contributed by atoms with Crippen LogP contribution in [0.25, 0.3) is 0 Å². The van der Waals surface area contributed by atoms with E-state index in [1.54, 1.807) is 6.33 Å². The fourth-order valence-electron chi connectivity index (χ4n) is 1.97. The first-order chi connectivity index (χ1) is 6.81. The molecule has 1 atom stereocenters. The molecule has 3 heteroatoms. The van der Waals surface area contributed by atoms with Crippen molar-refractivity contribution in [2.45, 2.75) is 45.1 Å². The lowest BCUT2D eigenvalue weighted by Crippen LogP contribution is -2.12. The maximum absolute atomic E-state index is 9.58. The summed E-state index contributed by atoms with van der Waals surface area (Å²) in [6.07, 6.45) is 6.19. The molecule has 0 saturated heterocycles. The largest absolute Gasteiger partial charge is 0.393 e. The molecule has 0 radical (unpaired) electrons. The molecule has 76 valence electrons. The molecule has 1 aliphatic carbocycles. The van der Waals surface area contributed by atoms with Crippen LogP contribution in [-0.4, -0.2) is 21.2 Å². The maximum atomic E-state index is 9.58. The van der Waals surface area contributed by atoms with Gasteiger partial charge in [0.15, 0.2) is 0 Å². The lowest BCUT2D eigenvalue weighted by molar-refractivity contribution is 0.169. The predicted octanol–water partition coefficient (Wildman–Crippen LogP) is 1.28. The van der Waals surface area contributed by atoms with Gasteiger partial charge in [0.1, 0.15) is 6.33 Å². The van der Waals surface area contributed by atoms with Crippen molar-refractivity contribution in [1.29, 1.82) is 0 Å². The summed E-state index contributed by atoms with van der Waals surface area (Å²) in [5.74, 6) is 0. The molecular weight excluding hydrogens is 176 g/mol. The van der Waals surface area contributed by atoms with Crippen LogP contribution in [0.5, 0.6) is 0 Å². The third-order valence-corrected chi connectivity index (χ3v) is 2.86. The van der Waals surface area contributed by atoms with E-state index < -0.39 is 0 Å². The Balaban J connectivity index is 2.22. The lowest BCUT2D eigenvalue weighted by Gasteiger charge is -2.09. The molecule has 2 rings (SSSR count). The monoisotopic (exact) mass is 192 g/mol. The van der Waals surface area contributed by atoms with E-state index >= 15 is 0 Å². The number of rotatable bonds is 3. The normalized spacial score (nSPS) is 16.7. The summed E-state index contributed by atoms with van der Waals surface area (Å²) in [4.78, 5) is 8.53. The van der Waals surface area contributed by atoms with Crippen LogP contribution in [0.2, 0.25) is 0 Å². The quantitative estimate of drug-likeness (QED) is 0.784. The molecule has 0 fully saturated rings. The van der Waals surface area contributed by atoms with Crippen LogP contribution < -0.4 is 0 Å². The summed E-state index contributed by atoms with van der Waals surface area (Å²) in [7, 11) is 0. The Labute approximate surface area is 84.2 Å². The lowest BCUT2D eigenvalue weighted by atomic mass is 10.1. The Bertz CT molecular complexity index is 325. The highest BCUT2D eigenvalue weighted by Crippen LogP contribution is 2.22. The number of aliphatic hydroxyl groups is 1. The van der Waals surface area contributed by atoms with Gasteiger partial charge in [0, 0.05) is 17.8 Å². The molecule has 0 aromatic carbocycles. The molecule has 3 nitrogen and oxygen atoms in total. The SMILES string of the molecule is CCC(O)Cc1ncnc2c1CCC2. The summed E-state index contributed by atoms with van der Waals surface area (Å²) >= 11 is 0. The van der Waals surface area contributed by atoms with Gasteiger partial charge in [0.05, 0.1) is 6.10 Å². The molecule has 0 saturated carbocycles. The molecule has 0 bridgehead atoms. The minimum absolute atomic E-state index is 0.255. The van der Waals surface area contributed by atoms with Crippen molar-refractivity contribution in [1.82, 2.24) is 9.97 Å². The zero-order valence-electron chi connectivity index (χ0n) is 8.53. The Hall–Kier alpha value is -0.960. The van der Waals surface area contributed by atoms with Crippen molar-refractivity contribution in [3.05, 3.63) is 23.3 Å². The first kappa shape index (κ1) is 9.59. The second-order valence-electron chi connectivity index (χ2n) is 3.87. The van der Waals surface area contributed by atoms with Gasteiger partial charge in [-0.3, -0.25) is 0 Å². The fraction of sp³-hybridized carbons (Fsp3) is 0.636. The zero-order chi connectivity index (χ0) is 9.97. The molecule has 14 heavy (non-hydrogen) atoms. The van der Waals surface area contributed by atoms with Crippen molar-refractivity contribution in [3.63, 3.8) is 0 Å². The Morgan fingerprint density at radius 2 is 2.29 bits per heavy atom. The van der Waals surface area contributed by atoms with E-state index in [0.29, 0.717) is 6.42 Å². The maximum Gasteiger partial charge on any atom is 0.115 e.